The number of hydrogen-bond donors (Lipinski definition) is 2. The maximum Gasteiger partial charge on any atom is 0.222 e. The summed E-state index contributed by atoms with van der Waals surface area (Å²) in [4.78, 5) is 21.1. The summed E-state index contributed by atoms with van der Waals surface area (Å²) in [6.45, 7) is 8.04. The molecule has 2 saturated heterocycles. The van der Waals surface area contributed by atoms with Gasteiger partial charge in [0.15, 0.2) is 5.96 Å². The molecule has 1 unspecified atom stereocenters. The van der Waals surface area contributed by atoms with Gasteiger partial charge in [-0.05, 0) is 62.5 Å². The average Bonchev–Trinajstić information content (AvgIpc) is 3.58. The fourth-order valence-electron chi connectivity index (χ4n) is 4.49. The van der Waals surface area contributed by atoms with E-state index < -0.39 is 0 Å². The number of rotatable bonds is 9. The Morgan fingerprint density at radius 2 is 1.84 bits per heavy atom. The van der Waals surface area contributed by atoms with E-state index in [-0.39, 0.29) is 11.9 Å². The van der Waals surface area contributed by atoms with E-state index in [0.29, 0.717) is 19.5 Å². The summed E-state index contributed by atoms with van der Waals surface area (Å²) in [5, 5.41) is 6.87. The third kappa shape index (κ3) is 5.91. The van der Waals surface area contributed by atoms with Gasteiger partial charge in [-0.1, -0.05) is 24.3 Å². The molecule has 0 saturated carbocycles. The van der Waals surface area contributed by atoms with Crippen LogP contribution in [0.15, 0.2) is 52.1 Å². The third-order valence-corrected chi connectivity index (χ3v) is 6.25. The minimum Gasteiger partial charge on any atom is -0.468 e. The summed E-state index contributed by atoms with van der Waals surface area (Å²) in [5.74, 6) is 2.08. The lowest BCUT2D eigenvalue weighted by Crippen LogP contribution is -2.42. The fraction of sp³-hybridized carbons (Fsp3) is 0.520. The highest BCUT2D eigenvalue weighted by atomic mass is 16.3. The zero-order valence-corrected chi connectivity index (χ0v) is 19.1. The quantitative estimate of drug-likeness (QED) is 0.465. The highest BCUT2D eigenvalue weighted by Gasteiger charge is 2.25. The van der Waals surface area contributed by atoms with Gasteiger partial charge in [0.05, 0.1) is 18.8 Å². The molecular formula is C25H35N5O2. The maximum atomic E-state index is 11.8. The van der Waals surface area contributed by atoms with E-state index in [0.717, 1.165) is 56.4 Å². The Balaban J connectivity index is 1.34. The molecule has 7 heteroatoms. The summed E-state index contributed by atoms with van der Waals surface area (Å²) in [6, 6.07) is 12.7. The molecule has 172 valence electrons. The lowest BCUT2D eigenvalue weighted by Gasteiger charge is -2.26. The monoisotopic (exact) mass is 437 g/mol. The number of nitrogens with one attached hydrogen (secondary N) is 2. The first kappa shape index (κ1) is 22.4. The molecule has 7 nitrogen and oxygen atoms in total. The van der Waals surface area contributed by atoms with E-state index in [9.17, 15) is 4.79 Å². The summed E-state index contributed by atoms with van der Waals surface area (Å²) in [6.07, 6.45) is 5.90. The first-order valence-corrected chi connectivity index (χ1v) is 11.9. The van der Waals surface area contributed by atoms with Crippen molar-refractivity contribution >= 4 is 11.9 Å². The number of benzene rings is 1. The molecule has 3 heterocycles. The number of likely N-dealkylation sites (tertiary alicyclic amines) is 2. The van der Waals surface area contributed by atoms with Crippen LogP contribution in [0.25, 0.3) is 0 Å². The SMILES string of the molecule is CCNC(=NCc1ccc(CN2CCCC2=O)cc1)NCC(c1ccco1)N1CCCC1. The molecule has 2 fully saturated rings. The molecular weight excluding hydrogens is 402 g/mol. The number of guanidine groups is 1. The van der Waals surface area contributed by atoms with Crippen LogP contribution in [0.1, 0.15) is 55.5 Å². The second-order valence-corrected chi connectivity index (χ2v) is 8.59. The number of aliphatic imine (C=N–C) groups is 1. The number of amides is 1. The summed E-state index contributed by atoms with van der Waals surface area (Å²) >= 11 is 0. The largest absolute Gasteiger partial charge is 0.468 e. The Morgan fingerprint density at radius 1 is 1.06 bits per heavy atom. The van der Waals surface area contributed by atoms with Crippen molar-refractivity contribution in [2.24, 2.45) is 4.99 Å². The first-order valence-electron chi connectivity index (χ1n) is 11.9. The van der Waals surface area contributed by atoms with Crippen molar-refractivity contribution in [2.75, 3.05) is 32.7 Å². The van der Waals surface area contributed by atoms with E-state index in [1.807, 2.05) is 11.0 Å². The van der Waals surface area contributed by atoms with Gasteiger partial charge >= 0.3 is 0 Å². The molecule has 1 atom stereocenters. The van der Waals surface area contributed by atoms with Crippen LogP contribution in [0.5, 0.6) is 0 Å². The number of hydrogen-bond acceptors (Lipinski definition) is 4. The highest BCUT2D eigenvalue weighted by Crippen LogP contribution is 2.24. The summed E-state index contributed by atoms with van der Waals surface area (Å²) < 4.78 is 5.73. The molecule has 0 bridgehead atoms. The second-order valence-electron chi connectivity index (χ2n) is 8.59. The van der Waals surface area contributed by atoms with Gasteiger partial charge in [0.2, 0.25) is 5.91 Å². The average molecular weight is 438 g/mol. The van der Waals surface area contributed by atoms with Crippen molar-refractivity contribution in [1.29, 1.82) is 0 Å². The second kappa shape index (κ2) is 11.2. The van der Waals surface area contributed by atoms with Gasteiger partial charge in [-0.2, -0.15) is 0 Å². The number of nitrogens with zero attached hydrogens (tertiary/aromatic N) is 3. The van der Waals surface area contributed by atoms with Crippen molar-refractivity contribution in [3.8, 4) is 0 Å². The van der Waals surface area contributed by atoms with Crippen LogP contribution >= 0.6 is 0 Å². The molecule has 2 aliphatic heterocycles. The lowest BCUT2D eigenvalue weighted by molar-refractivity contribution is -0.128. The Kier molecular flexibility index (Phi) is 7.82. The molecule has 4 rings (SSSR count). The summed E-state index contributed by atoms with van der Waals surface area (Å²) in [7, 11) is 0. The summed E-state index contributed by atoms with van der Waals surface area (Å²) in [5.41, 5.74) is 2.32. The van der Waals surface area contributed by atoms with Gasteiger partial charge in [0, 0.05) is 32.6 Å². The predicted molar refractivity (Wildman–Crippen MR) is 126 cm³/mol. The molecule has 0 radical (unpaired) electrons. The van der Waals surface area contributed by atoms with Crippen molar-refractivity contribution in [3.63, 3.8) is 0 Å². The molecule has 0 spiro atoms. The van der Waals surface area contributed by atoms with E-state index in [2.05, 4.69) is 52.8 Å². The number of furan rings is 1. The molecule has 32 heavy (non-hydrogen) atoms. The topological polar surface area (TPSA) is 73.1 Å². The van der Waals surface area contributed by atoms with E-state index >= 15 is 0 Å². The molecule has 1 aromatic heterocycles. The van der Waals surface area contributed by atoms with Gasteiger partial charge < -0.3 is 20.0 Å². The Hall–Kier alpha value is -2.80. The van der Waals surface area contributed by atoms with Crippen LogP contribution in [-0.4, -0.2) is 54.4 Å². The zero-order chi connectivity index (χ0) is 22.2. The lowest BCUT2D eigenvalue weighted by atomic mass is 10.1. The van der Waals surface area contributed by atoms with Crippen LogP contribution in [-0.2, 0) is 17.9 Å². The van der Waals surface area contributed by atoms with E-state index in [1.54, 1.807) is 6.26 Å². The van der Waals surface area contributed by atoms with Crippen molar-refractivity contribution < 1.29 is 9.21 Å². The molecule has 2 aromatic rings. The van der Waals surface area contributed by atoms with Gasteiger partial charge in [0.1, 0.15) is 5.76 Å². The number of carbonyl (C=O) groups excluding carboxylic acids is 1. The van der Waals surface area contributed by atoms with Gasteiger partial charge in [0.25, 0.3) is 0 Å². The molecule has 1 aromatic carbocycles. The van der Waals surface area contributed by atoms with E-state index in [1.165, 1.54) is 18.4 Å². The maximum absolute atomic E-state index is 11.8. The van der Waals surface area contributed by atoms with Gasteiger partial charge in [-0.3, -0.25) is 9.69 Å². The third-order valence-electron chi connectivity index (χ3n) is 6.25. The first-order chi connectivity index (χ1) is 15.7. The van der Waals surface area contributed by atoms with Gasteiger partial charge in [-0.15, -0.1) is 0 Å². The minimum atomic E-state index is 0.212. The van der Waals surface area contributed by atoms with Crippen molar-refractivity contribution in [1.82, 2.24) is 20.4 Å². The highest BCUT2D eigenvalue weighted by molar-refractivity contribution is 5.79. The van der Waals surface area contributed by atoms with Crippen LogP contribution in [0.4, 0.5) is 0 Å². The van der Waals surface area contributed by atoms with Crippen LogP contribution in [0, 0.1) is 0 Å². The zero-order valence-electron chi connectivity index (χ0n) is 19.1. The van der Waals surface area contributed by atoms with Gasteiger partial charge in [-0.25, -0.2) is 4.99 Å². The van der Waals surface area contributed by atoms with Crippen LogP contribution in [0.3, 0.4) is 0 Å². The van der Waals surface area contributed by atoms with Crippen molar-refractivity contribution in [3.05, 3.63) is 59.5 Å². The fourth-order valence-corrected chi connectivity index (χ4v) is 4.49. The minimum absolute atomic E-state index is 0.212. The molecule has 0 aliphatic carbocycles. The molecule has 2 aliphatic rings. The van der Waals surface area contributed by atoms with Crippen LogP contribution < -0.4 is 10.6 Å². The van der Waals surface area contributed by atoms with Crippen LogP contribution in [0.2, 0.25) is 0 Å². The number of carbonyl (C=O) groups is 1. The Labute approximate surface area is 190 Å². The van der Waals surface area contributed by atoms with Crippen molar-refractivity contribution in [2.45, 2.75) is 51.7 Å². The molecule has 1 amide bonds. The standard InChI is InChI=1S/C25H35N5O2/c1-2-26-25(28-18-22(23-7-6-16-32-23)29-13-3-4-14-29)27-17-20-9-11-21(12-10-20)19-30-15-5-8-24(30)31/h6-7,9-12,16,22H,2-5,8,13-15,17-19H2,1H3,(H2,26,27,28). The predicted octanol–water partition coefficient (Wildman–Crippen LogP) is 3.29. The smallest absolute Gasteiger partial charge is 0.222 e. The normalized spacial score (nSPS) is 18.3. The Bertz CT molecular complexity index is 872. The van der Waals surface area contributed by atoms with E-state index in [4.69, 9.17) is 9.41 Å². The Morgan fingerprint density at radius 3 is 2.50 bits per heavy atom. The molecule has 2 N–H and O–H groups in total.